The molecule has 2 aromatic rings. The van der Waals surface area contributed by atoms with Gasteiger partial charge in [0.1, 0.15) is 12.4 Å². The Morgan fingerprint density at radius 3 is 2.55 bits per heavy atom. The van der Waals surface area contributed by atoms with Gasteiger partial charge in [-0.15, -0.1) is 22.9 Å². The Morgan fingerprint density at radius 2 is 2.00 bits per heavy atom. The lowest BCUT2D eigenvalue weighted by Gasteiger charge is -2.14. The zero-order valence-electron chi connectivity index (χ0n) is 10.0. The molecule has 7 heteroatoms. The largest absolute Gasteiger partial charge is 0.487 e. The molecule has 0 fully saturated rings. The third-order valence-corrected chi connectivity index (χ3v) is 4.48. The fraction of sp³-hybridized carbons (Fsp3) is 0.231. The second kappa shape index (κ2) is 6.37. The van der Waals surface area contributed by atoms with E-state index in [1.165, 1.54) is 23.5 Å². The van der Waals surface area contributed by atoms with Crippen LogP contribution in [0.5, 0.6) is 5.75 Å². The van der Waals surface area contributed by atoms with Gasteiger partial charge in [-0.3, -0.25) is 0 Å². The molecule has 0 aliphatic rings. The van der Waals surface area contributed by atoms with Crippen molar-refractivity contribution in [3.05, 3.63) is 50.1 Å². The number of thiophene rings is 1. The molecule has 0 saturated carbocycles. The first-order chi connectivity index (χ1) is 9.40. The van der Waals surface area contributed by atoms with Crippen LogP contribution in [0.15, 0.2) is 34.1 Å². The lowest BCUT2D eigenvalue weighted by atomic mass is 10.1. The van der Waals surface area contributed by atoms with E-state index in [0.717, 1.165) is 15.4 Å². The number of rotatable bonds is 4. The van der Waals surface area contributed by atoms with Crippen LogP contribution in [-0.4, -0.2) is 0 Å². The van der Waals surface area contributed by atoms with Crippen molar-refractivity contribution in [2.75, 3.05) is 0 Å². The smallest absolute Gasteiger partial charge is 0.419 e. The molecular weight excluding hydrogens is 377 g/mol. The predicted molar refractivity (Wildman–Crippen MR) is 77.4 cm³/mol. The van der Waals surface area contributed by atoms with Crippen molar-refractivity contribution in [1.82, 2.24) is 0 Å². The molecule has 0 radical (unpaired) electrons. The lowest BCUT2D eigenvalue weighted by molar-refractivity contribution is -0.139. The third-order valence-electron chi connectivity index (χ3n) is 2.50. The molecule has 1 nitrogen and oxygen atoms in total. The molecular formula is C13H9BrClF3OS. The fourth-order valence-electron chi connectivity index (χ4n) is 1.59. The van der Waals surface area contributed by atoms with Crippen molar-refractivity contribution in [2.45, 2.75) is 18.7 Å². The van der Waals surface area contributed by atoms with Gasteiger partial charge in [0.05, 0.1) is 5.56 Å². The van der Waals surface area contributed by atoms with Crippen LogP contribution in [0.1, 0.15) is 16.0 Å². The molecule has 1 aromatic carbocycles. The Balaban J connectivity index is 2.22. The molecule has 108 valence electrons. The standard InChI is InChI=1S/C13H9BrClF3OS/c14-9-4-10(20-7-9)6-19-12-2-1-8(5-15)3-11(12)13(16,17)18/h1-4,7H,5-6H2. The molecule has 2 rings (SSSR count). The Morgan fingerprint density at radius 1 is 1.25 bits per heavy atom. The van der Waals surface area contributed by atoms with E-state index >= 15 is 0 Å². The van der Waals surface area contributed by atoms with E-state index in [0.29, 0.717) is 5.56 Å². The quantitative estimate of drug-likeness (QED) is 0.600. The second-order valence-electron chi connectivity index (χ2n) is 3.98. The summed E-state index contributed by atoms with van der Waals surface area (Å²) in [5.41, 5.74) is -0.392. The predicted octanol–water partition coefficient (Wildman–Crippen LogP) is 5.85. The van der Waals surface area contributed by atoms with Crippen molar-refractivity contribution >= 4 is 38.9 Å². The Hall–Kier alpha value is -0.720. The van der Waals surface area contributed by atoms with Gasteiger partial charge in [-0.1, -0.05) is 6.07 Å². The van der Waals surface area contributed by atoms with Gasteiger partial charge in [-0.2, -0.15) is 13.2 Å². The number of benzene rings is 1. The number of alkyl halides is 4. The molecule has 0 spiro atoms. The van der Waals surface area contributed by atoms with Crippen molar-refractivity contribution in [3.63, 3.8) is 0 Å². The summed E-state index contributed by atoms with van der Waals surface area (Å²) in [6, 6.07) is 5.67. The molecule has 0 aliphatic heterocycles. The maximum atomic E-state index is 13.0. The van der Waals surface area contributed by atoms with E-state index < -0.39 is 11.7 Å². The zero-order valence-corrected chi connectivity index (χ0v) is 13.2. The average molecular weight is 386 g/mol. The third kappa shape index (κ3) is 3.90. The zero-order chi connectivity index (χ0) is 14.8. The Labute approximate surface area is 131 Å². The van der Waals surface area contributed by atoms with E-state index in [1.807, 2.05) is 11.4 Å². The van der Waals surface area contributed by atoms with Gasteiger partial charge in [0.25, 0.3) is 0 Å². The highest BCUT2D eigenvalue weighted by Gasteiger charge is 2.34. The number of ether oxygens (including phenoxy) is 1. The molecule has 0 unspecified atom stereocenters. The van der Waals surface area contributed by atoms with Gasteiger partial charge >= 0.3 is 6.18 Å². The lowest BCUT2D eigenvalue weighted by Crippen LogP contribution is -2.09. The minimum Gasteiger partial charge on any atom is -0.487 e. The van der Waals surface area contributed by atoms with Crippen molar-refractivity contribution in [3.8, 4) is 5.75 Å². The summed E-state index contributed by atoms with van der Waals surface area (Å²) in [4.78, 5) is 0.839. The molecule has 20 heavy (non-hydrogen) atoms. The molecule has 0 aliphatic carbocycles. The van der Waals surface area contributed by atoms with Gasteiger partial charge in [-0.25, -0.2) is 0 Å². The maximum absolute atomic E-state index is 13.0. The van der Waals surface area contributed by atoms with E-state index in [1.54, 1.807) is 0 Å². The SMILES string of the molecule is FC(F)(F)c1cc(CCl)ccc1OCc1cc(Br)cs1. The maximum Gasteiger partial charge on any atom is 0.419 e. The van der Waals surface area contributed by atoms with E-state index in [4.69, 9.17) is 16.3 Å². The highest BCUT2D eigenvalue weighted by atomic mass is 79.9. The van der Waals surface area contributed by atoms with E-state index in [-0.39, 0.29) is 18.2 Å². The molecule has 0 saturated heterocycles. The number of hydrogen-bond acceptors (Lipinski definition) is 2. The van der Waals surface area contributed by atoms with Gasteiger partial charge in [0.15, 0.2) is 0 Å². The minimum absolute atomic E-state index is 0.0290. The van der Waals surface area contributed by atoms with E-state index in [9.17, 15) is 13.2 Å². The fourth-order valence-corrected chi connectivity index (χ4v) is 3.11. The normalized spacial score (nSPS) is 11.7. The highest BCUT2D eigenvalue weighted by Crippen LogP contribution is 2.37. The summed E-state index contributed by atoms with van der Waals surface area (Å²) in [5.74, 6) is -0.155. The average Bonchev–Trinajstić information content (AvgIpc) is 2.81. The van der Waals surface area contributed by atoms with Crippen LogP contribution >= 0.6 is 38.9 Å². The molecule has 1 aromatic heterocycles. The van der Waals surface area contributed by atoms with Crippen LogP contribution in [0.3, 0.4) is 0 Å². The summed E-state index contributed by atoms with van der Waals surface area (Å²) in [7, 11) is 0. The number of halogens is 5. The molecule has 0 amide bonds. The van der Waals surface area contributed by atoms with Gasteiger partial charge < -0.3 is 4.74 Å². The number of hydrogen-bond donors (Lipinski definition) is 0. The topological polar surface area (TPSA) is 9.23 Å². The van der Waals surface area contributed by atoms with Crippen LogP contribution in [0.25, 0.3) is 0 Å². The van der Waals surface area contributed by atoms with Crippen LogP contribution in [0.2, 0.25) is 0 Å². The summed E-state index contributed by atoms with van der Waals surface area (Å²) in [6.45, 7) is 0.0968. The van der Waals surface area contributed by atoms with Crippen LogP contribution in [-0.2, 0) is 18.7 Å². The van der Waals surface area contributed by atoms with E-state index in [2.05, 4.69) is 15.9 Å². The Bertz CT molecular complexity index is 598. The first-order valence-corrected chi connectivity index (χ1v) is 7.72. The highest BCUT2D eigenvalue weighted by molar-refractivity contribution is 9.10. The molecule has 1 heterocycles. The van der Waals surface area contributed by atoms with Gasteiger partial charge in [0.2, 0.25) is 0 Å². The molecule has 0 atom stereocenters. The summed E-state index contributed by atoms with van der Waals surface area (Å²) >= 11 is 10.3. The van der Waals surface area contributed by atoms with Crippen LogP contribution in [0.4, 0.5) is 13.2 Å². The van der Waals surface area contributed by atoms with Crippen molar-refractivity contribution in [1.29, 1.82) is 0 Å². The summed E-state index contributed by atoms with van der Waals surface area (Å²) in [5, 5.41) is 1.85. The minimum atomic E-state index is -4.46. The van der Waals surface area contributed by atoms with Gasteiger partial charge in [0, 0.05) is 20.6 Å². The van der Waals surface area contributed by atoms with Gasteiger partial charge in [-0.05, 0) is 39.7 Å². The van der Waals surface area contributed by atoms with Crippen LogP contribution in [0, 0.1) is 0 Å². The Kier molecular flexibility index (Phi) is 4.99. The molecule has 0 N–H and O–H groups in total. The first-order valence-electron chi connectivity index (χ1n) is 5.52. The summed E-state index contributed by atoms with van der Waals surface area (Å²) < 4.78 is 45.1. The monoisotopic (exact) mass is 384 g/mol. The van der Waals surface area contributed by atoms with Crippen molar-refractivity contribution < 1.29 is 17.9 Å². The summed E-state index contributed by atoms with van der Waals surface area (Å²) in [6.07, 6.45) is -4.46. The van der Waals surface area contributed by atoms with Crippen LogP contribution < -0.4 is 4.74 Å². The van der Waals surface area contributed by atoms with Crippen molar-refractivity contribution in [2.24, 2.45) is 0 Å². The first kappa shape index (κ1) is 15.7. The second-order valence-corrected chi connectivity index (χ2v) is 6.16. The molecule has 0 bridgehead atoms.